The van der Waals surface area contributed by atoms with Gasteiger partial charge < -0.3 is 20.5 Å². The third-order valence-electron chi connectivity index (χ3n) is 3.87. The second kappa shape index (κ2) is 8.84. The average Bonchev–Trinajstić information content (AvgIpc) is 2.66. The summed E-state index contributed by atoms with van der Waals surface area (Å²) in [6.07, 6.45) is 0. The maximum atomic E-state index is 12.3. The third-order valence-corrected chi connectivity index (χ3v) is 3.87. The monoisotopic (exact) mass is 342 g/mol. The first kappa shape index (κ1) is 18.5. The number of aliphatic hydroxyl groups is 1. The molecule has 0 saturated carbocycles. The van der Waals surface area contributed by atoms with Crippen LogP contribution in [0.2, 0.25) is 0 Å². The summed E-state index contributed by atoms with van der Waals surface area (Å²) in [5.41, 5.74) is 1.39. The molecule has 0 radical (unpaired) electrons. The predicted molar refractivity (Wildman–Crippen MR) is 95.5 cm³/mol. The molecule has 1 unspecified atom stereocenters. The van der Waals surface area contributed by atoms with Crippen molar-refractivity contribution in [3.05, 3.63) is 60.2 Å². The second-order valence-corrected chi connectivity index (χ2v) is 5.59. The van der Waals surface area contributed by atoms with E-state index in [-0.39, 0.29) is 5.91 Å². The molecule has 2 aromatic rings. The first-order chi connectivity index (χ1) is 12.0. The number of ether oxygens (including phenoxy) is 1. The molecule has 2 amide bonds. The summed E-state index contributed by atoms with van der Waals surface area (Å²) >= 11 is 0. The van der Waals surface area contributed by atoms with Gasteiger partial charge in [0, 0.05) is 5.69 Å². The number of aliphatic hydroxyl groups excluding tert-OH is 1. The zero-order valence-electron chi connectivity index (χ0n) is 14.2. The van der Waals surface area contributed by atoms with Gasteiger partial charge in [0.1, 0.15) is 11.8 Å². The maximum Gasteiger partial charge on any atom is 0.249 e. The molecular weight excluding hydrogens is 320 g/mol. The summed E-state index contributed by atoms with van der Waals surface area (Å²) in [5, 5.41) is 14.7. The fourth-order valence-corrected chi connectivity index (χ4v) is 2.29. The molecular formula is C19H22N2O4. The van der Waals surface area contributed by atoms with Crippen LogP contribution >= 0.6 is 0 Å². The molecule has 6 nitrogen and oxygen atoms in total. The van der Waals surface area contributed by atoms with E-state index in [0.29, 0.717) is 11.4 Å². The molecule has 0 aliphatic heterocycles. The van der Waals surface area contributed by atoms with E-state index in [4.69, 9.17) is 4.74 Å². The Kier molecular flexibility index (Phi) is 6.54. The van der Waals surface area contributed by atoms with Gasteiger partial charge in [-0.15, -0.1) is 0 Å². The topological polar surface area (TPSA) is 87.7 Å². The molecule has 2 rings (SSSR count). The van der Waals surface area contributed by atoms with E-state index in [9.17, 15) is 14.7 Å². The van der Waals surface area contributed by atoms with Crippen LogP contribution in [0.25, 0.3) is 0 Å². The van der Waals surface area contributed by atoms with E-state index in [2.05, 4.69) is 10.6 Å². The zero-order chi connectivity index (χ0) is 18.2. The highest BCUT2D eigenvalue weighted by Crippen LogP contribution is 2.16. The second-order valence-electron chi connectivity index (χ2n) is 5.59. The quantitative estimate of drug-likeness (QED) is 0.717. The van der Waals surface area contributed by atoms with Gasteiger partial charge in [-0.1, -0.05) is 30.3 Å². The Hall–Kier alpha value is -2.86. The van der Waals surface area contributed by atoms with Crippen molar-refractivity contribution in [1.29, 1.82) is 0 Å². The largest absolute Gasteiger partial charge is 0.497 e. The molecule has 3 N–H and O–H groups in total. The Balaban J connectivity index is 1.98. The molecule has 0 heterocycles. The van der Waals surface area contributed by atoms with E-state index >= 15 is 0 Å². The van der Waals surface area contributed by atoms with Gasteiger partial charge in [0.05, 0.1) is 19.6 Å². The van der Waals surface area contributed by atoms with E-state index in [0.717, 1.165) is 5.56 Å². The molecule has 0 aliphatic carbocycles. The van der Waals surface area contributed by atoms with Crippen molar-refractivity contribution in [2.75, 3.05) is 19.0 Å². The first-order valence-electron chi connectivity index (χ1n) is 7.96. The molecule has 6 heteroatoms. The number of methoxy groups -OCH3 is 1. The van der Waals surface area contributed by atoms with Gasteiger partial charge in [-0.05, 0) is 36.8 Å². The Bertz CT molecular complexity index is 701. The van der Waals surface area contributed by atoms with E-state index < -0.39 is 24.5 Å². The number of carbonyl (C=O) groups is 2. The Labute approximate surface area is 146 Å². The van der Waals surface area contributed by atoms with Crippen LogP contribution in [0.1, 0.15) is 18.4 Å². The molecule has 2 atom stereocenters. The summed E-state index contributed by atoms with van der Waals surface area (Å²) < 4.78 is 5.05. The van der Waals surface area contributed by atoms with Crippen LogP contribution in [0.15, 0.2) is 54.6 Å². The van der Waals surface area contributed by atoms with Crippen molar-refractivity contribution < 1.29 is 19.4 Å². The van der Waals surface area contributed by atoms with Crippen LogP contribution in [0.3, 0.4) is 0 Å². The smallest absolute Gasteiger partial charge is 0.249 e. The molecule has 25 heavy (non-hydrogen) atoms. The molecule has 0 aromatic heterocycles. The molecule has 0 spiro atoms. The van der Waals surface area contributed by atoms with Gasteiger partial charge >= 0.3 is 0 Å². The van der Waals surface area contributed by atoms with Gasteiger partial charge in [0.15, 0.2) is 0 Å². The van der Waals surface area contributed by atoms with E-state index in [1.807, 2.05) is 30.3 Å². The highest BCUT2D eigenvalue weighted by Gasteiger charge is 2.23. The summed E-state index contributed by atoms with van der Waals surface area (Å²) in [6, 6.07) is 15.0. The number of carbonyl (C=O) groups excluding carboxylic acids is 2. The minimum atomic E-state index is -1.03. The van der Waals surface area contributed by atoms with Crippen molar-refractivity contribution in [1.82, 2.24) is 5.32 Å². The van der Waals surface area contributed by atoms with E-state index in [1.54, 1.807) is 38.3 Å². The zero-order valence-corrected chi connectivity index (χ0v) is 14.2. The Morgan fingerprint density at radius 3 is 2.24 bits per heavy atom. The highest BCUT2D eigenvalue weighted by molar-refractivity contribution is 5.98. The lowest BCUT2D eigenvalue weighted by Gasteiger charge is -2.19. The maximum absolute atomic E-state index is 12.3. The lowest BCUT2D eigenvalue weighted by Crippen LogP contribution is -2.47. The average molecular weight is 342 g/mol. The molecule has 0 saturated heterocycles. The Morgan fingerprint density at radius 1 is 1.04 bits per heavy atom. The summed E-state index contributed by atoms with van der Waals surface area (Å²) in [4.78, 5) is 24.6. The molecule has 132 valence electrons. The van der Waals surface area contributed by atoms with Gasteiger partial charge in [-0.3, -0.25) is 9.59 Å². The van der Waals surface area contributed by atoms with Crippen LogP contribution in [-0.4, -0.2) is 36.7 Å². The van der Waals surface area contributed by atoms with E-state index in [1.165, 1.54) is 0 Å². The van der Waals surface area contributed by atoms with Crippen LogP contribution in [0, 0.1) is 0 Å². The molecule has 0 aliphatic rings. The van der Waals surface area contributed by atoms with Crippen LogP contribution in [0.4, 0.5) is 5.69 Å². The minimum Gasteiger partial charge on any atom is -0.497 e. The van der Waals surface area contributed by atoms with Crippen LogP contribution < -0.4 is 15.4 Å². The lowest BCUT2D eigenvalue weighted by atomic mass is 10.00. The lowest BCUT2D eigenvalue weighted by molar-refractivity contribution is -0.128. The van der Waals surface area contributed by atoms with Crippen molar-refractivity contribution in [3.63, 3.8) is 0 Å². The van der Waals surface area contributed by atoms with Crippen LogP contribution in [0.5, 0.6) is 5.75 Å². The highest BCUT2D eigenvalue weighted by atomic mass is 16.5. The van der Waals surface area contributed by atoms with Crippen molar-refractivity contribution >= 4 is 17.5 Å². The van der Waals surface area contributed by atoms with Gasteiger partial charge in [0.2, 0.25) is 11.8 Å². The fourth-order valence-electron chi connectivity index (χ4n) is 2.29. The number of hydrogen-bond acceptors (Lipinski definition) is 4. The summed E-state index contributed by atoms with van der Waals surface area (Å²) in [6.45, 7) is 1.26. The van der Waals surface area contributed by atoms with Crippen molar-refractivity contribution in [2.24, 2.45) is 0 Å². The standard InChI is InChI=1S/C19H22N2O4/c1-13(14-6-4-3-5-7-14)18(23)21-17(12-22)19(24)20-15-8-10-16(25-2)11-9-15/h3-11,13,17,22H,12H2,1-2H3,(H,20,24)(H,21,23)/t13?,17-/m0/s1. The predicted octanol–water partition coefficient (Wildman–Crippen LogP) is 1.91. The molecule has 0 bridgehead atoms. The van der Waals surface area contributed by atoms with Crippen LogP contribution in [-0.2, 0) is 9.59 Å². The normalized spacial score (nSPS) is 12.8. The minimum absolute atomic E-state index is 0.324. The van der Waals surface area contributed by atoms with Gasteiger partial charge in [-0.2, -0.15) is 0 Å². The first-order valence-corrected chi connectivity index (χ1v) is 7.96. The molecule has 0 fully saturated rings. The summed E-state index contributed by atoms with van der Waals surface area (Å²) in [5.74, 6) is -0.567. The van der Waals surface area contributed by atoms with Gasteiger partial charge in [0.25, 0.3) is 0 Å². The number of benzene rings is 2. The SMILES string of the molecule is COc1ccc(NC(=O)[C@H](CO)NC(=O)C(C)c2ccccc2)cc1. The number of nitrogens with one attached hydrogen (secondary N) is 2. The summed E-state index contributed by atoms with van der Waals surface area (Å²) in [7, 11) is 1.55. The fraction of sp³-hybridized carbons (Fsp3) is 0.263. The number of amides is 2. The Morgan fingerprint density at radius 2 is 1.68 bits per heavy atom. The third kappa shape index (κ3) is 5.06. The number of rotatable bonds is 7. The molecule has 2 aromatic carbocycles. The number of hydrogen-bond donors (Lipinski definition) is 3. The van der Waals surface area contributed by atoms with Gasteiger partial charge in [-0.25, -0.2) is 0 Å². The number of anilines is 1. The van der Waals surface area contributed by atoms with Crippen molar-refractivity contribution in [2.45, 2.75) is 18.9 Å². The van der Waals surface area contributed by atoms with Crippen molar-refractivity contribution in [3.8, 4) is 5.75 Å².